The van der Waals surface area contributed by atoms with Gasteiger partial charge in [0.15, 0.2) is 0 Å². The van der Waals surface area contributed by atoms with Crippen LogP contribution in [0.1, 0.15) is 46.5 Å². The second-order valence-corrected chi connectivity index (χ2v) is 6.63. The lowest BCUT2D eigenvalue weighted by atomic mass is 9.83. The highest BCUT2D eigenvalue weighted by atomic mass is 19.4. The fraction of sp³-hybridized carbons (Fsp3) is 0.769. The summed E-state index contributed by atoms with van der Waals surface area (Å²) < 4.78 is 42.8. The number of fused-ring (bicyclic) bond motifs is 2. The summed E-state index contributed by atoms with van der Waals surface area (Å²) in [4.78, 5) is 13.8. The molecular weight excluding hydrogens is 270 g/mol. The molecule has 0 spiro atoms. The number of halogens is 3. The van der Waals surface area contributed by atoms with Gasteiger partial charge in [0.25, 0.3) is 0 Å². The third-order valence-electron chi connectivity index (χ3n) is 3.64. The minimum absolute atomic E-state index is 0.145. The summed E-state index contributed by atoms with van der Waals surface area (Å²) in [6, 6.07) is -0.291. The summed E-state index contributed by atoms with van der Waals surface area (Å²) in [7, 11) is 0. The summed E-state index contributed by atoms with van der Waals surface area (Å²) in [5.74, 6) is 0.456. The molecule has 7 heteroatoms. The van der Waals surface area contributed by atoms with Gasteiger partial charge in [-0.25, -0.2) is 4.79 Å². The van der Waals surface area contributed by atoms with Gasteiger partial charge in [0.1, 0.15) is 5.60 Å². The van der Waals surface area contributed by atoms with E-state index in [-0.39, 0.29) is 12.1 Å². The average molecular weight is 290 g/mol. The molecule has 1 amide bonds. The zero-order chi connectivity index (χ0) is 15.1. The molecule has 2 aliphatic rings. The van der Waals surface area contributed by atoms with Crippen LogP contribution in [-0.4, -0.2) is 35.7 Å². The van der Waals surface area contributed by atoms with Crippen molar-refractivity contribution < 1.29 is 22.5 Å². The maximum Gasteiger partial charge on any atom is 0.502 e. The predicted molar refractivity (Wildman–Crippen MR) is 71.3 cm³/mol. The summed E-state index contributed by atoms with van der Waals surface area (Å²) in [5.41, 5.74) is -0.161. The predicted octanol–water partition coefficient (Wildman–Crippen LogP) is 3.86. The van der Waals surface area contributed by atoms with E-state index in [0.29, 0.717) is 24.4 Å². The SMILES string of the molecule is CC(C)(C)OC(=O)N1C2CCC1CC(=C[B-](F)(F)F)C2. The van der Waals surface area contributed by atoms with Gasteiger partial charge in [0.2, 0.25) is 0 Å². The number of rotatable bonds is 1. The van der Waals surface area contributed by atoms with Crippen molar-refractivity contribution in [2.45, 2.75) is 64.1 Å². The Morgan fingerprint density at radius 3 is 2.15 bits per heavy atom. The molecule has 2 fully saturated rings. The second kappa shape index (κ2) is 5.00. The van der Waals surface area contributed by atoms with E-state index in [4.69, 9.17) is 4.74 Å². The zero-order valence-electron chi connectivity index (χ0n) is 12.0. The maximum absolute atomic E-state index is 12.5. The molecule has 3 nitrogen and oxygen atoms in total. The lowest BCUT2D eigenvalue weighted by molar-refractivity contribution is 0.0115. The average Bonchev–Trinajstić information content (AvgIpc) is 2.46. The molecule has 2 atom stereocenters. The van der Waals surface area contributed by atoms with E-state index in [1.54, 1.807) is 25.7 Å². The van der Waals surface area contributed by atoms with E-state index >= 15 is 0 Å². The van der Waals surface area contributed by atoms with Crippen molar-refractivity contribution >= 4 is 13.1 Å². The van der Waals surface area contributed by atoms with Crippen LogP contribution in [-0.2, 0) is 4.74 Å². The molecule has 0 N–H and O–H groups in total. The number of hydrogen-bond donors (Lipinski definition) is 0. The first-order valence-corrected chi connectivity index (χ1v) is 6.97. The Labute approximate surface area is 117 Å². The summed E-state index contributed by atoms with van der Waals surface area (Å²) in [6.07, 6.45) is 1.74. The first-order valence-electron chi connectivity index (χ1n) is 6.97. The Balaban J connectivity index is 2.08. The van der Waals surface area contributed by atoms with E-state index in [1.807, 2.05) is 0 Å². The molecule has 114 valence electrons. The smallest absolute Gasteiger partial charge is 0.445 e. The summed E-state index contributed by atoms with van der Waals surface area (Å²) in [5, 5.41) is 0. The van der Waals surface area contributed by atoms with E-state index in [2.05, 4.69) is 0 Å². The highest BCUT2D eigenvalue weighted by molar-refractivity contribution is 6.64. The largest absolute Gasteiger partial charge is 0.502 e. The molecule has 20 heavy (non-hydrogen) atoms. The van der Waals surface area contributed by atoms with Gasteiger partial charge in [-0.05, 0) is 46.5 Å². The van der Waals surface area contributed by atoms with Crippen LogP contribution in [0.25, 0.3) is 0 Å². The van der Waals surface area contributed by atoms with Gasteiger partial charge in [0, 0.05) is 12.1 Å². The topological polar surface area (TPSA) is 29.5 Å². The quantitative estimate of drug-likeness (QED) is 0.686. The number of nitrogens with zero attached hydrogens (tertiary/aromatic N) is 1. The van der Waals surface area contributed by atoms with Gasteiger partial charge >= 0.3 is 13.1 Å². The molecule has 0 aromatic heterocycles. The fourth-order valence-electron chi connectivity index (χ4n) is 3.07. The van der Waals surface area contributed by atoms with Gasteiger partial charge in [0.05, 0.1) is 0 Å². The van der Waals surface area contributed by atoms with Gasteiger partial charge in [-0.1, -0.05) is 5.57 Å². The van der Waals surface area contributed by atoms with Gasteiger partial charge in [-0.3, -0.25) is 0 Å². The van der Waals surface area contributed by atoms with Crippen LogP contribution in [0.2, 0.25) is 0 Å². The minimum Gasteiger partial charge on any atom is -0.445 e. The van der Waals surface area contributed by atoms with Crippen molar-refractivity contribution in [3.05, 3.63) is 11.5 Å². The van der Waals surface area contributed by atoms with Crippen LogP contribution in [0.5, 0.6) is 0 Å². The molecule has 2 aliphatic heterocycles. The van der Waals surface area contributed by atoms with Gasteiger partial charge in [-0.15, -0.1) is 5.98 Å². The van der Waals surface area contributed by atoms with Crippen molar-refractivity contribution in [1.82, 2.24) is 4.90 Å². The normalized spacial score (nSPS) is 26.7. The first kappa shape index (κ1) is 15.3. The molecule has 2 saturated heterocycles. The standard InChI is InChI=1S/C13H20BF3NO2/c1-13(2,3)20-12(19)18-10-4-5-11(18)7-9(6-10)8-14(15,16)17/h8,10-11H,4-7H2,1-3H3/q-1. The lowest BCUT2D eigenvalue weighted by Crippen LogP contribution is -2.47. The van der Waals surface area contributed by atoms with Gasteiger partial charge < -0.3 is 22.6 Å². The number of amides is 1. The van der Waals surface area contributed by atoms with Crippen molar-refractivity contribution in [3.8, 4) is 0 Å². The van der Waals surface area contributed by atoms with Crippen LogP contribution in [0.4, 0.5) is 17.7 Å². The van der Waals surface area contributed by atoms with Crippen LogP contribution in [0, 0.1) is 0 Å². The number of carbonyl (C=O) groups excluding carboxylic acids is 1. The van der Waals surface area contributed by atoms with Crippen LogP contribution in [0.3, 0.4) is 0 Å². The van der Waals surface area contributed by atoms with Crippen molar-refractivity contribution in [2.75, 3.05) is 0 Å². The third-order valence-corrected chi connectivity index (χ3v) is 3.64. The molecular formula is C13H20BF3NO2-. The molecule has 2 unspecified atom stereocenters. The molecule has 0 aromatic rings. The number of piperidine rings is 1. The summed E-state index contributed by atoms with van der Waals surface area (Å²) >= 11 is 0. The molecule has 0 saturated carbocycles. The van der Waals surface area contributed by atoms with E-state index in [1.165, 1.54) is 0 Å². The van der Waals surface area contributed by atoms with Crippen LogP contribution >= 0.6 is 0 Å². The Kier molecular flexibility index (Phi) is 3.82. The highest BCUT2D eigenvalue weighted by Crippen LogP contribution is 2.39. The van der Waals surface area contributed by atoms with E-state index in [9.17, 15) is 17.7 Å². The molecule has 0 radical (unpaired) electrons. The van der Waals surface area contributed by atoms with Crippen molar-refractivity contribution in [2.24, 2.45) is 0 Å². The number of ether oxygens (including phenoxy) is 1. The Hall–Kier alpha value is -1.14. The lowest BCUT2D eigenvalue weighted by Gasteiger charge is -2.37. The van der Waals surface area contributed by atoms with Crippen molar-refractivity contribution in [3.63, 3.8) is 0 Å². The van der Waals surface area contributed by atoms with Crippen LogP contribution in [0.15, 0.2) is 11.5 Å². The molecule has 0 aromatic carbocycles. The van der Waals surface area contributed by atoms with E-state index in [0.717, 1.165) is 12.8 Å². The highest BCUT2D eigenvalue weighted by Gasteiger charge is 2.43. The number of carbonyl (C=O) groups is 1. The molecule has 2 rings (SSSR count). The van der Waals surface area contributed by atoms with Crippen LogP contribution < -0.4 is 0 Å². The molecule has 2 bridgehead atoms. The maximum atomic E-state index is 12.5. The minimum atomic E-state index is -4.90. The number of hydrogen-bond acceptors (Lipinski definition) is 2. The van der Waals surface area contributed by atoms with Crippen molar-refractivity contribution in [1.29, 1.82) is 0 Å². The first-order chi connectivity index (χ1) is 9.05. The monoisotopic (exact) mass is 290 g/mol. The molecule has 0 aliphatic carbocycles. The Bertz CT molecular complexity index is 412. The molecule has 2 heterocycles. The van der Waals surface area contributed by atoms with Gasteiger partial charge in [-0.2, -0.15) is 0 Å². The Morgan fingerprint density at radius 1 is 1.25 bits per heavy atom. The summed E-state index contributed by atoms with van der Waals surface area (Å²) in [6.45, 7) is 0.460. The Morgan fingerprint density at radius 2 is 1.75 bits per heavy atom. The fourth-order valence-corrected chi connectivity index (χ4v) is 3.07. The zero-order valence-corrected chi connectivity index (χ0v) is 12.0. The van der Waals surface area contributed by atoms with E-state index < -0.39 is 18.7 Å². The second-order valence-electron chi connectivity index (χ2n) is 6.63. The third kappa shape index (κ3) is 3.70.